The Bertz CT molecular complexity index is 601. The molecule has 0 saturated heterocycles. The van der Waals surface area contributed by atoms with Gasteiger partial charge in [0.1, 0.15) is 5.75 Å². The number of aromatic nitrogens is 4. The number of nitrogens with two attached hydrogens (primary N) is 1. The molecule has 0 atom stereocenters. The molecule has 2 rings (SSSR count). The van der Waals surface area contributed by atoms with Gasteiger partial charge in [0.05, 0.1) is 12.2 Å². The number of phenols is 1. The van der Waals surface area contributed by atoms with Gasteiger partial charge in [0.25, 0.3) is 0 Å². The van der Waals surface area contributed by atoms with Crippen molar-refractivity contribution in [1.29, 1.82) is 0 Å². The van der Waals surface area contributed by atoms with Crippen molar-refractivity contribution in [1.82, 2.24) is 20.2 Å². The molecule has 0 spiro atoms. The molecule has 0 aliphatic rings. The topological polar surface area (TPSA) is 127 Å². The average Bonchev–Trinajstić information content (AvgIpc) is 2.81. The fraction of sp³-hybridized carbons (Fsp3) is 0.273. The zero-order chi connectivity index (χ0) is 13.8. The predicted octanol–water partition coefficient (Wildman–Crippen LogP) is 0.914. The van der Waals surface area contributed by atoms with Crippen LogP contribution < -0.4 is 5.73 Å². The highest BCUT2D eigenvalue weighted by Crippen LogP contribution is 2.24. The van der Waals surface area contributed by atoms with E-state index in [1.807, 2.05) is 0 Å². The van der Waals surface area contributed by atoms with Crippen LogP contribution in [0.2, 0.25) is 0 Å². The van der Waals surface area contributed by atoms with Gasteiger partial charge in [-0.05, 0) is 29.8 Å². The summed E-state index contributed by atoms with van der Waals surface area (Å²) in [7, 11) is 0. The van der Waals surface area contributed by atoms with E-state index in [2.05, 4.69) is 15.4 Å². The Kier molecular flexibility index (Phi) is 5.27. The first-order valence-electron chi connectivity index (χ1n) is 5.65. The van der Waals surface area contributed by atoms with E-state index in [9.17, 15) is 9.90 Å². The van der Waals surface area contributed by atoms with Gasteiger partial charge in [0.2, 0.25) is 5.82 Å². The fourth-order valence-electron chi connectivity index (χ4n) is 1.52. The van der Waals surface area contributed by atoms with Crippen LogP contribution in [0.5, 0.6) is 5.75 Å². The lowest BCUT2D eigenvalue weighted by Crippen LogP contribution is -2.05. The van der Waals surface area contributed by atoms with Gasteiger partial charge in [0.15, 0.2) is 0 Å². The molecule has 0 bridgehead atoms. The standard InChI is InChI=1S/C11H13N5O3.ClH/c12-8-6-7(3-4-9(8)17)11-13-15-16(14-11)5-1-2-10(18)19;/h3-4,6,17H,1-2,5,12H2,(H,18,19);1H. The molecule has 4 N–H and O–H groups in total. The summed E-state index contributed by atoms with van der Waals surface area (Å²) in [4.78, 5) is 11.7. The minimum atomic E-state index is -0.855. The van der Waals surface area contributed by atoms with Crippen molar-refractivity contribution in [3.05, 3.63) is 18.2 Å². The van der Waals surface area contributed by atoms with Gasteiger partial charge in [-0.3, -0.25) is 4.79 Å². The highest BCUT2D eigenvalue weighted by Gasteiger charge is 2.08. The maximum absolute atomic E-state index is 10.4. The summed E-state index contributed by atoms with van der Waals surface area (Å²) >= 11 is 0. The number of aliphatic carboxylic acids is 1. The van der Waals surface area contributed by atoms with E-state index in [0.29, 0.717) is 24.4 Å². The fourth-order valence-corrected chi connectivity index (χ4v) is 1.52. The molecule has 8 nitrogen and oxygen atoms in total. The van der Waals surface area contributed by atoms with Crippen LogP contribution in [0.1, 0.15) is 12.8 Å². The Morgan fingerprint density at radius 1 is 1.40 bits per heavy atom. The number of phenolic OH excluding ortho intramolecular Hbond substituents is 1. The van der Waals surface area contributed by atoms with Crippen LogP contribution in [-0.4, -0.2) is 36.4 Å². The Balaban J connectivity index is 0.00000200. The molecule has 0 amide bonds. The van der Waals surface area contributed by atoms with Gasteiger partial charge in [-0.15, -0.1) is 22.6 Å². The largest absolute Gasteiger partial charge is 0.506 e. The van der Waals surface area contributed by atoms with Gasteiger partial charge in [-0.2, -0.15) is 4.80 Å². The molecule has 0 aliphatic heterocycles. The van der Waals surface area contributed by atoms with Crippen LogP contribution >= 0.6 is 12.4 Å². The van der Waals surface area contributed by atoms with E-state index in [4.69, 9.17) is 10.8 Å². The Hall–Kier alpha value is -2.35. The Morgan fingerprint density at radius 2 is 2.15 bits per heavy atom. The number of halogens is 1. The summed E-state index contributed by atoms with van der Waals surface area (Å²) in [5.74, 6) is -0.480. The van der Waals surface area contributed by atoms with E-state index in [0.717, 1.165) is 0 Å². The van der Waals surface area contributed by atoms with Crippen molar-refractivity contribution in [2.45, 2.75) is 19.4 Å². The van der Waals surface area contributed by atoms with E-state index in [1.165, 1.54) is 10.9 Å². The van der Waals surface area contributed by atoms with Crippen LogP contribution in [0, 0.1) is 0 Å². The van der Waals surface area contributed by atoms with Crippen LogP contribution in [0.3, 0.4) is 0 Å². The van der Waals surface area contributed by atoms with Crippen molar-refractivity contribution in [2.75, 3.05) is 5.73 Å². The molecular weight excluding hydrogens is 286 g/mol. The summed E-state index contributed by atoms with van der Waals surface area (Å²) in [6.45, 7) is 0.382. The molecule has 0 saturated carbocycles. The maximum Gasteiger partial charge on any atom is 0.303 e. The molecule has 0 fully saturated rings. The molecule has 1 heterocycles. The maximum atomic E-state index is 10.4. The van der Waals surface area contributed by atoms with Gasteiger partial charge >= 0.3 is 5.97 Å². The van der Waals surface area contributed by atoms with Crippen molar-refractivity contribution in [3.63, 3.8) is 0 Å². The van der Waals surface area contributed by atoms with Crippen molar-refractivity contribution in [2.24, 2.45) is 0 Å². The second-order valence-corrected chi connectivity index (χ2v) is 3.98. The molecular formula is C11H14ClN5O3. The van der Waals surface area contributed by atoms with Gasteiger partial charge in [-0.1, -0.05) is 0 Å². The Labute approximate surface area is 120 Å². The van der Waals surface area contributed by atoms with Gasteiger partial charge in [-0.25, -0.2) is 0 Å². The lowest BCUT2D eigenvalue weighted by Gasteiger charge is -1.99. The highest BCUT2D eigenvalue weighted by molar-refractivity contribution is 5.85. The van der Waals surface area contributed by atoms with Crippen molar-refractivity contribution < 1.29 is 15.0 Å². The number of nitrogens with zero attached hydrogens (tertiary/aromatic N) is 4. The number of carboxylic acid groups (broad SMARTS) is 1. The SMILES string of the molecule is Cl.Nc1cc(-c2nnn(CCCC(=O)O)n2)ccc1O. The molecule has 0 aliphatic carbocycles. The third kappa shape index (κ3) is 3.82. The van der Waals surface area contributed by atoms with Crippen molar-refractivity contribution in [3.8, 4) is 17.1 Å². The number of aromatic hydroxyl groups is 1. The Morgan fingerprint density at radius 3 is 2.80 bits per heavy atom. The van der Waals surface area contributed by atoms with Crippen LogP contribution in [0.4, 0.5) is 5.69 Å². The number of carbonyl (C=O) groups is 1. The number of hydrogen-bond acceptors (Lipinski definition) is 6. The number of aryl methyl sites for hydroxylation is 1. The molecule has 20 heavy (non-hydrogen) atoms. The highest BCUT2D eigenvalue weighted by atomic mass is 35.5. The van der Waals surface area contributed by atoms with E-state index in [-0.39, 0.29) is 30.3 Å². The van der Waals surface area contributed by atoms with Gasteiger partial charge in [0, 0.05) is 12.0 Å². The molecule has 108 valence electrons. The number of anilines is 1. The predicted molar refractivity (Wildman–Crippen MR) is 73.4 cm³/mol. The molecule has 0 unspecified atom stereocenters. The zero-order valence-electron chi connectivity index (χ0n) is 10.4. The van der Waals surface area contributed by atoms with Crippen molar-refractivity contribution >= 4 is 24.1 Å². The first-order valence-corrected chi connectivity index (χ1v) is 5.65. The molecule has 9 heteroatoms. The second kappa shape index (κ2) is 6.71. The smallest absolute Gasteiger partial charge is 0.303 e. The molecule has 0 radical (unpaired) electrons. The average molecular weight is 300 g/mol. The summed E-state index contributed by atoms with van der Waals surface area (Å²) in [6.07, 6.45) is 0.492. The third-order valence-corrected chi connectivity index (χ3v) is 2.49. The number of tetrazole rings is 1. The molecule has 2 aromatic rings. The third-order valence-electron chi connectivity index (χ3n) is 2.49. The number of hydrogen-bond donors (Lipinski definition) is 3. The zero-order valence-corrected chi connectivity index (χ0v) is 11.2. The first kappa shape index (κ1) is 15.7. The summed E-state index contributed by atoms with van der Waals surface area (Å²) in [5.41, 5.74) is 6.45. The van der Waals surface area contributed by atoms with Gasteiger partial charge < -0.3 is 15.9 Å². The number of nitrogen functional groups attached to an aromatic ring is 1. The normalized spacial score (nSPS) is 10.0. The number of carboxylic acids is 1. The van der Waals surface area contributed by atoms with E-state index >= 15 is 0 Å². The lowest BCUT2D eigenvalue weighted by atomic mass is 10.2. The van der Waals surface area contributed by atoms with E-state index < -0.39 is 5.97 Å². The van der Waals surface area contributed by atoms with Crippen LogP contribution in [0.15, 0.2) is 18.2 Å². The van der Waals surface area contributed by atoms with Crippen LogP contribution in [-0.2, 0) is 11.3 Å². The summed E-state index contributed by atoms with van der Waals surface area (Å²) in [6, 6.07) is 4.63. The molecule has 1 aromatic carbocycles. The van der Waals surface area contributed by atoms with Crippen LogP contribution in [0.25, 0.3) is 11.4 Å². The minimum Gasteiger partial charge on any atom is -0.506 e. The second-order valence-electron chi connectivity index (χ2n) is 3.98. The number of benzene rings is 1. The number of rotatable bonds is 5. The first-order chi connectivity index (χ1) is 9.06. The summed E-state index contributed by atoms with van der Waals surface area (Å²) in [5, 5.41) is 29.6. The quantitative estimate of drug-likeness (QED) is 0.553. The summed E-state index contributed by atoms with van der Waals surface area (Å²) < 4.78 is 0. The molecule has 1 aromatic heterocycles. The lowest BCUT2D eigenvalue weighted by molar-refractivity contribution is -0.137. The minimum absolute atomic E-state index is 0. The van der Waals surface area contributed by atoms with E-state index in [1.54, 1.807) is 12.1 Å². The monoisotopic (exact) mass is 299 g/mol.